The zero-order chi connectivity index (χ0) is 15.0. The van der Waals surface area contributed by atoms with Crippen molar-refractivity contribution in [3.8, 4) is 0 Å². The van der Waals surface area contributed by atoms with Crippen LogP contribution in [-0.4, -0.2) is 5.91 Å². The van der Waals surface area contributed by atoms with E-state index in [0.29, 0.717) is 26.7 Å². The molecule has 1 aromatic heterocycles. The van der Waals surface area contributed by atoms with Crippen LogP contribution in [-0.2, 0) is 0 Å². The molecule has 6 heteroatoms. The van der Waals surface area contributed by atoms with Crippen LogP contribution in [0.15, 0.2) is 51.6 Å². The topological polar surface area (TPSA) is 42.2 Å². The van der Waals surface area contributed by atoms with E-state index in [1.54, 1.807) is 12.1 Å². The molecular formula is C15H8BrClFNO2. The molecule has 3 nitrogen and oxygen atoms in total. The maximum atomic E-state index is 13.2. The number of halogens is 3. The van der Waals surface area contributed by atoms with E-state index in [2.05, 4.69) is 21.2 Å². The molecule has 0 fully saturated rings. The van der Waals surface area contributed by atoms with E-state index < -0.39 is 5.82 Å². The standard InChI is InChI=1S/C15H8BrClFNO2/c16-11-5-8(18)6-12(17)14(11)19-15(20)10-7-21-13-4-2-1-3-9(10)13/h1-7H,(H,19,20). The molecule has 0 saturated carbocycles. The van der Waals surface area contributed by atoms with Crippen LogP contribution in [0.5, 0.6) is 0 Å². The number of furan rings is 1. The molecule has 0 aliphatic carbocycles. The minimum Gasteiger partial charge on any atom is -0.463 e. The molecule has 0 atom stereocenters. The number of hydrogen-bond donors (Lipinski definition) is 1. The van der Waals surface area contributed by atoms with Gasteiger partial charge in [-0.1, -0.05) is 29.8 Å². The summed E-state index contributed by atoms with van der Waals surface area (Å²) in [6, 6.07) is 9.56. The highest BCUT2D eigenvalue weighted by molar-refractivity contribution is 9.10. The third kappa shape index (κ3) is 2.66. The predicted octanol–water partition coefficient (Wildman–Crippen LogP) is 5.24. The van der Waals surface area contributed by atoms with E-state index in [1.807, 2.05) is 12.1 Å². The van der Waals surface area contributed by atoms with Gasteiger partial charge in [0.25, 0.3) is 5.91 Å². The Morgan fingerprint density at radius 2 is 2.05 bits per heavy atom. The first kappa shape index (κ1) is 14.1. The lowest BCUT2D eigenvalue weighted by atomic mass is 10.1. The SMILES string of the molecule is O=C(Nc1c(Cl)cc(F)cc1Br)c1coc2ccccc12. The maximum absolute atomic E-state index is 13.2. The van der Waals surface area contributed by atoms with Crippen LogP contribution in [0.2, 0.25) is 5.02 Å². The zero-order valence-electron chi connectivity index (χ0n) is 10.5. The molecule has 0 bridgehead atoms. The highest BCUT2D eigenvalue weighted by atomic mass is 79.9. The number of anilines is 1. The fourth-order valence-corrected chi connectivity index (χ4v) is 2.89. The van der Waals surface area contributed by atoms with Gasteiger partial charge in [0.05, 0.1) is 16.3 Å². The number of amides is 1. The number of benzene rings is 2. The molecule has 2 aromatic carbocycles. The van der Waals surface area contributed by atoms with Gasteiger partial charge in [-0.3, -0.25) is 4.79 Å². The Bertz CT molecular complexity index is 824. The Balaban J connectivity index is 1.97. The normalized spacial score (nSPS) is 10.8. The van der Waals surface area contributed by atoms with E-state index in [-0.39, 0.29) is 10.9 Å². The summed E-state index contributed by atoms with van der Waals surface area (Å²) in [5, 5.41) is 3.47. The van der Waals surface area contributed by atoms with Gasteiger partial charge < -0.3 is 9.73 Å². The lowest BCUT2D eigenvalue weighted by Gasteiger charge is -2.09. The van der Waals surface area contributed by atoms with Gasteiger partial charge in [0.2, 0.25) is 0 Å². The summed E-state index contributed by atoms with van der Waals surface area (Å²) in [5.41, 5.74) is 1.32. The fraction of sp³-hybridized carbons (Fsp3) is 0. The van der Waals surface area contributed by atoms with Crippen LogP contribution in [0.3, 0.4) is 0 Å². The summed E-state index contributed by atoms with van der Waals surface area (Å²) >= 11 is 9.13. The van der Waals surface area contributed by atoms with Crippen molar-refractivity contribution < 1.29 is 13.6 Å². The lowest BCUT2D eigenvalue weighted by molar-refractivity contribution is 0.102. The lowest BCUT2D eigenvalue weighted by Crippen LogP contribution is -2.12. The summed E-state index contributed by atoms with van der Waals surface area (Å²) in [7, 11) is 0. The Labute approximate surface area is 132 Å². The zero-order valence-corrected chi connectivity index (χ0v) is 12.8. The Kier molecular flexibility index (Phi) is 3.69. The van der Waals surface area contributed by atoms with Crippen LogP contribution in [0.25, 0.3) is 11.0 Å². The van der Waals surface area contributed by atoms with Crippen molar-refractivity contribution in [3.05, 3.63) is 63.5 Å². The van der Waals surface area contributed by atoms with Crippen molar-refractivity contribution >= 4 is 50.1 Å². The van der Waals surface area contributed by atoms with Gasteiger partial charge in [0.1, 0.15) is 17.7 Å². The van der Waals surface area contributed by atoms with E-state index in [1.165, 1.54) is 12.3 Å². The highest BCUT2D eigenvalue weighted by Gasteiger charge is 2.16. The largest absolute Gasteiger partial charge is 0.463 e. The van der Waals surface area contributed by atoms with Crippen molar-refractivity contribution in [2.24, 2.45) is 0 Å². The first-order chi connectivity index (χ1) is 10.1. The highest BCUT2D eigenvalue weighted by Crippen LogP contribution is 2.32. The molecule has 21 heavy (non-hydrogen) atoms. The molecule has 0 aliphatic heterocycles. The van der Waals surface area contributed by atoms with Crippen LogP contribution in [0.4, 0.5) is 10.1 Å². The van der Waals surface area contributed by atoms with Crippen molar-refractivity contribution in [2.45, 2.75) is 0 Å². The number of hydrogen-bond acceptors (Lipinski definition) is 2. The first-order valence-electron chi connectivity index (χ1n) is 5.98. The maximum Gasteiger partial charge on any atom is 0.259 e. The van der Waals surface area contributed by atoms with Crippen LogP contribution in [0.1, 0.15) is 10.4 Å². The van der Waals surface area contributed by atoms with Crippen molar-refractivity contribution in [1.29, 1.82) is 0 Å². The summed E-state index contributed by atoms with van der Waals surface area (Å²) in [4.78, 5) is 12.3. The quantitative estimate of drug-likeness (QED) is 0.672. The van der Waals surface area contributed by atoms with E-state index in [0.717, 1.165) is 6.07 Å². The van der Waals surface area contributed by atoms with Crippen molar-refractivity contribution in [3.63, 3.8) is 0 Å². The smallest absolute Gasteiger partial charge is 0.259 e. The third-order valence-electron chi connectivity index (χ3n) is 2.97. The van der Waals surface area contributed by atoms with Gasteiger partial charge in [-0.05, 0) is 34.1 Å². The molecule has 106 valence electrons. The summed E-state index contributed by atoms with van der Waals surface area (Å²) in [6.07, 6.45) is 1.38. The average molecular weight is 369 g/mol. The molecule has 3 aromatic rings. The minimum absolute atomic E-state index is 0.114. The number of para-hydroxylation sites is 1. The molecule has 0 unspecified atom stereocenters. The third-order valence-corrected chi connectivity index (χ3v) is 3.89. The van der Waals surface area contributed by atoms with Crippen LogP contribution >= 0.6 is 27.5 Å². The van der Waals surface area contributed by atoms with Gasteiger partial charge in [-0.25, -0.2) is 4.39 Å². The molecule has 3 rings (SSSR count). The summed E-state index contributed by atoms with van der Waals surface area (Å²) in [5.74, 6) is -0.868. The monoisotopic (exact) mass is 367 g/mol. The number of carbonyl (C=O) groups is 1. The Hall–Kier alpha value is -1.85. The van der Waals surface area contributed by atoms with Crippen LogP contribution < -0.4 is 5.32 Å². The predicted molar refractivity (Wildman–Crippen MR) is 83.3 cm³/mol. The summed E-state index contributed by atoms with van der Waals surface area (Å²) in [6.45, 7) is 0. The summed E-state index contributed by atoms with van der Waals surface area (Å²) < 4.78 is 18.9. The Morgan fingerprint density at radius 1 is 1.29 bits per heavy atom. The fourth-order valence-electron chi connectivity index (χ4n) is 2.00. The van der Waals surface area contributed by atoms with E-state index >= 15 is 0 Å². The Morgan fingerprint density at radius 3 is 2.81 bits per heavy atom. The number of rotatable bonds is 2. The van der Waals surface area contributed by atoms with Gasteiger partial charge >= 0.3 is 0 Å². The molecule has 1 N–H and O–H groups in total. The number of fused-ring (bicyclic) bond motifs is 1. The molecule has 0 spiro atoms. The van der Waals surface area contributed by atoms with E-state index in [4.69, 9.17) is 16.0 Å². The molecule has 0 radical (unpaired) electrons. The molecule has 0 saturated heterocycles. The van der Waals surface area contributed by atoms with Gasteiger partial charge in [-0.2, -0.15) is 0 Å². The van der Waals surface area contributed by atoms with Crippen LogP contribution in [0, 0.1) is 5.82 Å². The van der Waals surface area contributed by atoms with Gasteiger partial charge in [-0.15, -0.1) is 0 Å². The van der Waals surface area contributed by atoms with Gasteiger partial charge in [0, 0.05) is 9.86 Å². The molecule has 1 amide bonds. The molecule has 0 aliphatic rings. The average Bonchev–Trinajstić information content (AvgIpc) is 2.86. The van der Waals surface area contributed by atoms with Crippen molar-refractivity contribution in [2.75, 3.05) is 5.32 Å². The van der Waals surface area contributed by atoms with Gasteiger partial charge in [0.15, 0.2) is 0 Å². The second-order valence-electron chi connectivity index (χ2n) is 4.34. The second-order valence-corrected chi connectivity index (χ2v) is 5.61. The number of carbonyl (C=O) groups excluding carboxylic acids is 1. The second kappa shape index (κ2) is 5.50. The first-order valence-corrected chi connectivity index (χ1v) is 7.15. The van der Waals surface area contributed by atoms with E-state index in [9.17, 15) is 9.18 Å². The minimum atomic E-state index is -0.487. The number of nitrogens with one attached hydrogen (secondary N) is 1. The van der Waals surface area contributed by atoms with Crippen molar-refractivity contribution in [1.82, 2.24) is 0 Å². The molecule has 1 heterocycles. The molecular weight excluding hydrogens is 361 g/mol.